The summed E-state index contributed by atoms with van der Waals surface area (Å²) in [5, 5.41) is 23.8. The Hall–Kier alpha value is -2.67. The van der Waals surface area contributed by atoms with Gasteiger partial charge in [-0.05, 0) is 65.9 Å². The van der Waals surface area contributed by atoms with Crippen LogP contribution in [-0.4, -0.2) is 21.4 Å². The van der Waals surface area contributed by atoms with E-state index >= 15 is 0 Å². The number of rotatable bonds is 3. The van der Waals surface area contributed by atoms with Crippen LogP contribution in [0.2, 0.25) is 0 Å². The van der Waals surface area contributed by atoms with Crippen molar-refractivity contribution in [1.29, 1.82) is 0 Å². The lowest BCUT2D eigenvalue weighted by atomic mass is 9.69. The predicted molar refractivity (Wildman–Crippen MR) is 159 cm³/mol. The van der Waals surface area contributed by atoms with Crippen molar-refractivity contribution in [3.8, 4) is 11.8 Å². The summed E-state index contributed by atoms with van der Waals surface area (Å²) in [4.78, 5) is 0. The second-order valence-corrected chi connectivity index (χ2v) is 13.4. The number of allylic oxidation sites excluding steroid dienone is 6. The van der Waals surface area contributed by atoms with Crippen molar-refractivity contribution in [2.75, 3.05) is 0 Å². The van der Waals surface area contributed by atoms with E-state index in [0.29, 0.717) is 12.0 Å². The van der Waals surface area contributed by atoms with Gasteiger partial charge < -0.3 is 10.2 Å². The van der Waals surface area contributed by atoms with E-state index in [-0.39, 0.29) is 5.41 Å². The fourth-order valence-corrected chi connectivity index (χ4v) is 5.06. The molecule has 0 aromatic carbocycles. The fraction of sp³-hybridized carbons (Fsp3) is 0.514. The number of pyridine rings is 1. The van der Waals surface area contributed by atoms with Crippen LogP contribution in [-0.2, 0) is 7.05 Å². The summed E-state index contributed by atoms with van der Waals surface area (Å²) in [5.74, 6) is 6.15. The largest absolute Gasteiger partial charge is 0.384 e. The van der Waals surface area contributed by atoms with E-state index in [9.17, 15) is 10.2 Å². The minimum atomic E-state index is -1.29. The third-order valence-corrected chi connectivity index (χ3v) is 8.28. The predicted octanol–water partition coefficient (Wildman–Crippen LogP) is 7.03. The molecule has 2 aliphatic rings. The molecule has 1 heterocycles. The third kappa shape index (κ3) is 6.48. The maximum absolute atomic E-state index is 12.1. The lowest BCUT2D eigenvalue weighted by molar-refractivity contribution is -0.671. The molecule has 1 aromatic rings. The molecule has 0 radical (unpaired) electrons. The molecular weight excluding hydrogens is 466 g/mol. The zero-order valence-corrected chi connectivity index (χ0v) is 25.2. The third-order valence-electron chi connectivity index (χ3n) is 8.28. The molecule has 3 nitrogen and oxygen atoms in total. The van der Waals surface area contributed by atoms with Crippen LogP contribution in [0.5, 0.6) is 0 Å². The molecule has 0 aliphatic heterocycles. The first-order valence-corrected chi connectivity index (χ1v) is 13.9. The average molecular weight is 515 g/mol. The van der Waals surface area contributed by atoms with E-state index in [1.54, 1.807) is 0 Å². The number of hydrogen-bond acceptors (Lipinski definition) is 2. The molecule has 2 unspecified atom stereocenters. The maximum Gasteiger partial charge on any atom is 0.169 e. The SMILES string of the molecule is CC\C(=C/C1=C(/C)C/C(c2cc[n+](C)cc2)=C\[C@H]2C#CCC(O)(C(C)(C)C)\C=C(/C=C\1)C2(C)O)C(C)(C)C. The zero-order valence-electron chi connectivity index (χ0n) is 25.2. The molecule has 0 amide bonds. The van der Waals surface area contributed by atoms with Crippen LogP contribution in [0.25, 0.3) is 5.57 Å². The van der Waals surface area contributed by atoms with Crippen LogP contribution in [0.3, 0.4) is 0 Å². The van der Waals surface area contributed by atoms with E-state index < -0.39 is 22.5 Å². The molecule has 3 heteroatoms. The van der Waals surface area contributed by atoms with Gasteiger partial charge in [0.05, 0.1) is 11.5 Å². The Morgan fingerprint density at radius 2 is 1.74 bits per heavy atom. The fourth-order valence-electron chi connectivity index (χ4n) is 5.06. The summed E-state index contributed by atoms with van der Waals surface area (Å²) >= 11 is 0. The number of nitrogens with zero attached hydrogens (tertiary/aromatic N) is 1. The topological polar surface area (TPSA) is 44.3 Å². The molecular formula is C35H48NO2+. The molecule has 2 aliphatic carbocycles. The average Bonchev–Trinajstić information content (AvgIpc) is 2.79. The standard InChI is InChI=1S/C35H48NO2/c1-11-29(32(3,4)5)22-27-14-15-31-24-35(38,33(6,7)8)18-12-13-30(34(31,9)37)23-28(21-25(27)2)26-16-19-36(10)20-17-26/h14-17,19-20,22-24,30,37-38H,11,18,21H2,1-10H3/q+1/b15-14-,27-25-,28-23+,29-22+,31-24+/t30-,34?,35?/m1/s1. The lowest BCUT2D eigenvalue weighted by Gasteiger charge is -2.41. The van der Waals surface area contributed by atoms with Gasteiger partial charge >= 0.3 is 0 Å². The monoisotopic (exact) mass is 514 g/mol. The van der Waals surface area contributed by atoms with Crippen molar-refractivity contribution in [3.05, 3.63) is 82.8 Å². The number of hydrogen-bond donors (Lipinski definition) is 2. The summed E-state index contributed by atoms with van der Waals surface area (Å²) in [6.07, 6.45) is 16.6. The first-order valence-electron chi connectivity index (χ1n) is 13.9. The van der Waals surface area contributed by atoms with Crippen molar-refractivity contribution in [2.24, 2.45) is 23.8 Å². The van der Waals surface area contributed by atoms with Gasteiger partial charge in [-0.25, -0.2) is 4.57 Å². The molecule has 2 N–H and O–H groups in total. The minimum absolute atomic E-state index is 0.0518. The van der Waals surface area contributed by atoms with Gasteiger partial charge in [-0.2, -0.15) is 0 Å². The minimum Gasteiger partial charge on any atom is -0.384 e. The molecule has 0 spiro atoms. The van der Waals surface area contributed by atoms with Crippen molar-refractivity contribution < 1.29 is 14.8 Å². The summed E-state index contributed by atoms with van der Waals surface area (Å²) < 4.78 is 2.03. The quantitative estimate of drug-likeness (QED) is 0.336. The van der Waals surface area contributed by atoms with Gasteiger partial charge in [0.15, 0.2) is 12.4 Å². The van der Waals surface area contributed by atoms with Crippen molar-refractivity contribution in [2.45, 2.75) is 92.8 Å². The Bertz CT molecular complexity index is 1260. The van der Waals surface area contributed by atoms with Crippen LogP contribution in [0.15, 0.2) is 77.2 Å². The summed E-state index contributed by atoms with van der Waals surface area (Å²) in [6, 6.07) is 4.26. The van der Waals surface area contributed by atoms with Crippen LogP contribution in [0.4, 0.5) is 0 Å². The number of aromatic nitrogens is 1. The van der Waals surface area contributed by atoms with Gasteiger partial charge in [-0.1, -0.05) is 95.8 Å². The van der Waals surface area contributed by atoms with E-state index in [1.807, 2.05) is 51.5 Å². The zero-order chi connectivity index (χ0) is 28.5. The Morgan fingerprint density at radius 3 is 2.29 bits per heavy atom. The van der Waals surface area contributed by atoms with Gasteiger partial charge in [0, 0.05) is 18.6 Å². The second kappa shape index (κ2) is 10.8. The highest BCUT2D eigenvalue weighted by atomic mass is 16.3. The van der Waals surface area contributed by atoms with Crippen molar-refractivity contribution >= 4 is 5.57 Å². The Morgan fingerprint density at radius 1 is 1.11 bits per heavy atom. The molecule has 2 bridgehead atoms. The molecule has 0 saturated heterocycles. The summed E-state index contributed by atoms with van der Waals surface area (Å²) in [7, 11) is 2.02. The van der Waals surface area contributed by atoms with Gasteiger partial charge in [-0.3, -0.25) is 0 Å². The molecule has 1 aromatic heterocycles. The van der Waals surface area contributed by atoms with Gasteiger partial charge in [0.25, 0.3) is 0 Å². The summed E-state index contributed by atoms with van der Waals surface area (Å²) in [5.41, 5.74) is 3.88. The first kappa shape index (κ1) is 29.9. The Balaban J connectivity index is 2.36. The summed E-state index contributed by atoms with van der Waals surface area (Å²) in [6.45, 7) is 19.1. The van der Waals surface area contributed by atoms with Gasteiger partial charge in [0.1, 0.15) is 12.6 Å². The van der Waals surface area contributed by atoms with E-state index in [2.05, 4.69) is 89.2 Å². The number of fused-ring (bicyclic) bond motifs is 2. The second-order valence-electron chi connectivity index (χ2n) is 13.4. The van der Waals surface area contributed by atoms with E-state index in [4.69, 9.17) is 0 Å². The van der Waals surface area contributed by atoms with Crippen LogP contribution < -0.4 is 4.57 Å². The van der Waals surface area contributed by atoms with Gasteiger partial charge in [-0.15, -0.1) is 0 Å². The highest BCUT2D eigenvalue weighted by Gasteiger charge is 2.42. The highest BCUT2D eigenvalue weighted by molar-refractivity contribution is 5.69. The Kier molecular flexibility index (Phi) is 8.52. The van der Waals surface area contributed by atoms with E-state index in [1.165, 1.54) is 11.1 Å². The number of aliphatic hydroxyl groups is 2. The lowest BCUT2D eigenvalue weighted by Crippen LogP contribution is -2.44. The highest BCUT2D eigenvalue weighted by Crippen LogP contribution is 2.42. The molecule has 204 valence electrons. The van der Waals surface area contributed by atoms with Crippen molar-refractivity contribution in [1.82, 2.24) is 0 Å². The normalized spacial score (nSPS) is 32.5. The molecule has 0 fully saturated rings. The Labute approximate surface area is 231 Å². The molecule has 0 saturated carbocycles. The number of aryl methyl sites for hydroxylation is 1. The molecule has 3 rings (SSSR count). The molecule has 38 heavy (non-hydrogen) atoms. The smallest absolute Gasteiger partial charge is 0.169 e. The van der Waals surface area contributed by atoms with Gasteiger partial charge in [0.2, 0.25) is 0 Å². The van der Waals surface area contributed by atoms with Crippen LogP contribution in [0.1, 0.15) is 87.1 Å². The van der Waals surface area contributed by atoms with Crippen LogP contribution in [0, 0.1) is 28.6 Å². The molecule has 3 atom stereocenters. The van der Waals surface area contributed by atoms with E-state index in [0.717, 1.165) is 29.6 Å². The maximum atomic E-state index is 12.1. The first-order chi connectivity index (χ1) is 17.5. The van der Waals surface area contributed by atoms with Crippen LogP contribution >= 0.6 is 0 Å². The van der Waals surface area contributed by atoms with Crippen molar-refractivity contribution in [3.63, 3.8) is 0 Å².